The Bertz CT molecular complexity index is 344. The van der Waals surface area contributed by atoms with Gasteiger partial charge in [-0.2, -0.15) is 5.48 Å². The fourth-order valence-corrected chi connectivity index (χ4v) is 1.96. The Morgan fingerprint density at radius 3 is 2.56 bits per heavy atom. The normalized spacial score (nSPS) is 10.2. The summed E-state index contributed by atoms with van der Waals surface area (Å²) in [5.41, 5.74) is 3.90. The van der Waals surface area contributed by atoms with Gasteiger partial charge in [0.25, 0.3) is 0 Å². The lowest BCUT2D eigenvalue weighted by Gasteiger charge is -2.12. The summed E-state index contributed by atoms with van der Waals surface area (Å²) >= 11 is 3.43. The Morgan fingerprint density at radius 2 is 2.00 bits per heavy atom. The molecular formula is C11H16BrNO3. The molecule has 0 fully saturated rings. The van der Waals surface area contributed by atoms with Gasteiger partial charge in [0.2, 0.25) is 0 Å². The van der Waals surface area contributed by atoms with E-state index in [4.69, 9.17) is 14.3 Å². The van der Waals surface area contributed by atoms with Gasteiger partial charge in [0.05, 0.1) is 25.3 Å². The molecule has 0 saturated heterocycles. The van der Waals surface area contributed by atoms with Crippen molar-refractivity contribution in [2.45, 2.75) is 13.5 Å². The van der Waals surface area contributed by atoms with Gasteiger partial charge < -0.3 is 14.3 Å². The molecule has 1 N–H and O–H groups in total. The van der Waals surface area contributed by atoms with Crippen molar-refractivity contribution in [3.63, 3.8) is 0 Å². The maximum Gasteiger partial charge on any atom is 0.174 e. The minimum absolute atomic E-state index is 0.618. The molecule has 16 heavy (non-hydrogen) atoms. The van der Waals surface area contributed by atoms with E-state index in [1.165, 1.54) is 0 Å². The molecule has 1 aromatic carbocycles. The molecule has 90 valence electrons. The SMILES string of the molecule is CCONCc1cc(Br)c(OC)c(OC)c1. The topological polar surface area (TPSA) is 39.7 Å². The molecule has 0 unspecified atom stereocenters. The van der Waals surface area contributed by atoms with Crippen LogP contribution in [0.1, 0.15) is 12.5 Å². The first-order chi connectivity index (χ1) is 7.72. The number of ether oxygens (including phenoxy) is 2. The second-order valence-electron chi connectivity index (χ2n) is 3.07. The third kappa shape index (κ3) is 3.37. The van der Waals surface area contributed by atoms with Crippen molar-refractivity contribution in [3.8, 4) is 11.5 Å². The maximum atomic E-state index is 5.24. The number of hydroxylamine groups is 1. The van der Waals surface area contributed by atoms with Gasteiger partial charge in [0.15, 0.2) is 11.5 Å². The lowest BCUT2D eigenvalue weighted by molar-refractivity contribution is 0.0463. The zero-order chi connectivity index (χ0) is 12.0. The monoisotopic (exact) mass is 289 g/mol. The van der Waals surface area contributed by atoms with Gasteiger partial charge in [-0.25, -0.2) is 0 Å². The van der Waals surface area contributed by atoms with E-state index in [0.717, 1.165) is 10.0 Å². The van der Waals surface area contributed by atoms with Gasteiger partial charge in [-0.3, -0.25) is 0 Å². The van der Waals surface area contributed by atoms with Crippen LogP contribution in [0.2, 0.25) is 0 Å². The molecular weight excluding hydrogens is 274 g/mol. The Morgan fingerprint density at radius 1 is 1.25 bits per heavy atom. The molecule has 0 heterocycles. The van der Waals surface area contributed by atoms with Gasteiger partial charge in [-0.05, 0) is 40.5 Å². The first-order valence-electron chi connectivity index (χ1n) is 4.98. The first-order valence-corrected chi connectivity index (χ1v) is 5.77. The summed E-state index contributed by atoms with van der Waals surface area (Å²) in [7, 11) is 3.23. The van der Waals surface area contributed by atoms with Crippen LogP contribution in [0.15, 0.2) is 16.6 Å². The molecule has 0 aliphatic heterocycles. The zero-order valence-corrected chi connectivity index (χ0v) is 11.3. The van der Waals surface area contributed by atoms with Crippen molar-refractivity contribution in [3.05, 3.63) is 22.2 Å². The molecule has 0 aliphatic rings. The maximum absolute atomic E-state index is 5.24. The van der Waals surface area contributed by atoms with E-state index in [0.29, 0.717) is 24.7 Å². The summed E-state index contributed by atoms with van der Waals surface area (Å²) < 4.78 is 11.3. The number of rotatable bonds is 6. The Labute approximate surface area is 104 Å². The molecule has 0 aromatic heterocycles. The van der Waals surface area contributed by atoms with Crippen molar-refractivity contribution < 1.29 is 14.3 Å². The lowest BCUT2D eigenvalue weighted by Crippen LogP contribution is -2.13. The quantitative estimate of drug-likeness (QED) is 0.645. The molecule has 0 amide bonds. The second-order valence-corrected chi connectivity index (χ2v) is 3.92. The van der Waals surface area contributed by atoms with E-state index >= 15 is 0 Å². The predicted molar refractivity (Wildman–Crippen MR) is 65.7 cm³/mol. The van der Waals surface area contributed by atoms with Crippen molar-refractivity contribution in [2.75, 3.05) is 20.8 Å². The fourth-order valence-electron chi connectivity index (χ4n) is 1.31. The lowest BCUT2D eigenvalue weighted by atomic mass is 10.2. The number of halogens is 1. The van der Waals surface area contributed by atoms with Crippen LogP contribution in [0.4, 0.5) is 0 Å². The van der Waals surface area contributed by atoms with Gasteiger partial charge in [-0.15, -0.1) is 0 Å². The van der Waals surface area contributed by atoms with E-state index in [1.807, 2.05) is 19.1 Å². The average molecular weight is 290 g/mol. The van der Waals surface area contributed by atoms with E-state index in [1.54, 1.807) is 14.2 Å². The highest BCUT2D eigenvalue weighted by Gasteiger charge is 2.10. The van der Waals surface area contributed by atoms with Gasteiger partial charge in [0, 0.05) is 6.54 Å². The molecule has 1 aromatic rings. The van der Waals surface area contributed by atoms with Crippen LogP contribution < -0.4 is 15.0 Å². The van der Waals surface area contributed by atoms with Crippen LogP contribution in [0.25, 0.3) is 0 Å². The smallest absolute Gasteiger partial charge is 0.174 e. The summed E-state index contributed by atoms with van der Waals surface area (Å²) in [6.45, 7) is 3.18. The standard InChI is InChI=1S/C11H16BrNO3/c1-4-16-13-7-8-5-9(12)11(15-3)10(6-8)14-2/h5-6,13H,4,7H2,1-3H3. The molecule has 0 saturated carbocycles. The third-order valence-electron chi connectivity index (χ3n) is 2.02. The summed E-state index contributed by atoms with van der Waals surface area (Å²) in [5, 5.41) is 0. The number of hydrogen-bond donors (Lipinski definition) is 1. The highest BCUT2D eigenvalue weighted by molar-refractivity contribution is 9.10. The van der Waals surface area contributed by atoms with Crippen LogP contribution in [0.5, 0.6) is 11.5 Å². The van der Waals surface area contributed by atoms with E-state index in [-0.39, 0.29) is 0 Å². The fraction of sp³-hybridized carbons (Fsp3) is 0.455. The van der Waals surface area contributed by atoms with Crippen molar-refractivity contribution >= 4 is 15.9 Å². The Hall–Kier alpha value is -0.780. The summed E-state index contributed by atoms with van der Waals surface area (Å²) in [4.78, 5) is 5.07. The third-order valence-corrected chi connectivity index (χ3v) is 2.61. The molecule has 0 spiro atoms. The number of nitrogens with one attached hydrogen (secondary N) is 1. The number of benzene rings is 1. The molecule has 4 nitrogen and oxygen atoms in total. The Balaban J connectivity index is 2.83. The highest BCUT2D eigenvalue weighted by atomic mass is 79.9. The van der Waals surface area contributed by atoms with Crippen molar-refractivity contribution in [1.82, 2.24) is 5.48 Å². The minimum atomic E-state index is 0.618. The largest absolute Gasteiger partial charge is 0.493 e. The molecule has 0 radical (unpaired) electrons. The Kier molecular flexibility index (Phi) is 5.59. The van der Waals surface area contributed by atoms with Crippen molar-refractivity contribution in [1.29, 1.82) is 0 Å². The number of methoxy groups -OCH3 is 2. The van der Waals surface area contributed by atoms with Crippen molar-refractivity contribution in [2.24, 2.45) is 0 Å². The van der Waals surface area contributed by atoms with E-state index < -0.39 is 0 Å². The molecule has 5 heteroatoms. The van der Waals surface area contributed by atoms with E-state index in [9.17, 15) is 0 Å². The van der Waals surface area contributed by atoms with Crippen LogP contribution in [0, 0.1) is 0 Å². The second kappa shape index (κ2) is 6.73. The van der Waals surface area contributed by atoms with Crippen LogP contribution in [-0.2, 0) is 11.4 Å². The van der Waals surface area contributed by atoms with E-state index in [2.05, 4.69) is 21.4 Å². The minimum Gasteiger partial charge on any atom is -0.493 e. The highest BCUT2D eigenvalue weighted by Crippen LogP contribution is 2.36. The molecule has 0 aliphatic carbocycles. The van der Waals surface area contributed by atoms with Crippen LogP contribution in [0.3, 0.4) is 0 Å². The van der Waals surface area contributed by atoms with Gasteiger partial charge >= 0.3 is 0 Å². The summed E-state index contributed by atoms with van der Waals surface area (Å²) in [5.74, 6) is 1.40. The van der Waals surface area contributed by atoms with Gasteiger partial charge in [-0.1, -0.05) is 0 Å². The molecule has 0 atom stereocenters. The predicted octanol–water partition coefficient (Wildman–Crippen LogP) is 2.51. The summed E-state index contributed by atoms with van der Waals surface area (Å²) in [6.07, 6.45) is 0. The van der Waals surface area contributed by atoms with Gasteiger partial charge in [0.1, 0.15) is 0 Å². The van der Waals surface area contributed by atoms with Crippen LogP contribution >= 0.6 is 15.9 Å². The van der Waals surface area contributed by atoms with Crippen LogP contribution in [-0.4, -0.2) is 20.8 Å². The summed E-state index contributed by atoms with van der Waals surface area (Å²) in [6, 6.07) is 3.88. The number of hydrogen-bond acceptors (Lipinski definition) is 4. The molecule has 0 bridgehead atoms. The first kappa shape index (κ1) is 13.3. The molecule has 1 rings (SSSR count). The zero-order valence-electron chi connectivity index (χ0n) is 9.67. The average Bonchev–Trinajstić information content (AvgIpc) is 2.28.